The van der Waals surface area contributed by atoms with Crippen molar-refractivity contribution in [2.75, 3.05) is 0 Å². The maximum Gasteiger partial charge on any atom is 0.229 e. The van der Waals surface area contributed by atoms with Crippen LogP contribution in [0, 0.1) is 0 Å². The van der Waals surface area contributed by atoms with E-state index in [1.54, 1.807) is 12.4 Å². The molecule has 0 bridgehead atoms. The summed E-state index contributed by atoms with van der Waals surface area (Å²) in [5, 5.41) is 0. The molecular formula is C13H9ClN2O2. The smallest absolute Gasteiger partial charge is 0.229 e. The molecule has 0 unspecified atom stereocenters. The van der Waals surface area contributed by atoms with Gasteiger partial charge in [0.15, 0.2) is 0 Å². The molecule has 0 fully saturated rings. The zero-order valence-corrected chi connectivity index (χ0v) is 10.0. The summed E-state index contributed by atoms with van der Waals surface area (Å²) in [5.41, 5.74) is 0.788. The highest BCUT2D eigenvalue weighted by atomic mass is 35.5. The Labute approximate surface area is 108 Å². The van der Waals surface area contributed by atoms with Gasteiger partial charge in [0.05, 0.1) is 12.4 Å². The van der Waals surface area contributed by atoms with E-state index in [0.717, 1.165) is 5.56 Å². The fourth-order valence-electron chi connectivity index (χ4n) is 1.79. The van der Waals surface area contributed by atoms with E-state index in [1.165, 1.54) is 12.5 Å². The Morgan fingerprint density at radius 2 is 1.44 bits per heavy atom. The maximum atomic E-state index is 6.69. The molecule has 0 saturated heterocycles. The lowest BCUT2D eigenvalue weighted by atomic mass is 9.98. The number of hydrogen-bond donors (Lipinski definition) is 0. The third-order valence-corrected chi connectivity index (χ3v) is 3.17. The fraction of sp³-hybridized carbons (Fsp3) is 0.0769. The number of oxazole rings is 2. The van der Waals surface area contributed by atoms with Gasteiger partial charge in [0.25, 0.3) is 0 Å². The third-order valence-electron chi connectivity index (χ3n) is 2.63. The van der Waals surface area contributed by atoms with E-state index in [4.69, 9.17) is 20.4 Å². The number of aromatic nitrogens is 2. The van der Waals surface area contributed by atoms with Crippen LogP contribution in [0.3, 0.4) is 0 Å². The first-order valence-corrected chi connectivity index (χ1v) is 5.74. The van der Waals surface area contributed by atoms with Crippen molar-refractivity contribution in [1.29, 1.82) is 0 Å². The van der Waals surface area contributed by atoms with Crippen molar-refractivity contribution in [3.63, 3.8) is 0 Å². The van der Waals surface area contributed by atoms with Crippen molar-refractivity contribution in [3.8, 4) is 0 Å². The first kappa shape index (κ1) is 11.0. The van der Waals surface area contributed by atoms with Gasteiger partial charge in [-0.2, -0.15) is 0 Å². The van der Waals surface area contributed by atoms with Gasteiger partial charge in [0, 0.05) is 0 Å². The SMILES string of the molecule is ClC(c1ccccc1)(c1ncco1)c1ncco1. The summed E-state index contributed by atoms with van der Waals surface area (Å²) >= 11 is 6.69. The van der Waals surface area contributed by atoms with Gasteiger partial charge < -0.3 is 8.83 Å². The lowest BCUT2D eigenvalue weighted by Crippen LogP contribution is -2.23. The highest BCUT2D eigenvalue weighted by Gasteiger charge is 2.42. The Hall–Kier alpha value is -2.07. The second-order valence-corrected chi connectivity index (χ2v) is 4.27. The van der Waals surface area contributed by atoms with Crippen LogP contribution in [0.2, 0.25) is 0 Å². The van der Waals surface area contributed by atoms with Crippen LogP contribution >= 0.6 is 11.6 Å². The minimum Gasteiger partial charge on any atom is -0.446 e. The summed E-state index contributed by atoms with van der Waals surface area (Å²) in [7, 11) is 0. The van der Waals surface area contributed by atoms with E-state index >= 15 is 0 Å². The van der Waals surface area contributed by atoms with Gasteiger partial charge in [-0.25, -0.2) is 9.97 Å². The minimum atomic E-state index is -1.14. The predicted molar refractivity (Wildman–Crippen MR) is 65.2 cm³/mol. The van der Waals surface area contributed by atoms with Crippen molar-refractivity contribution in [2.45, 2.75) is 4.87 Å². The molecule has 0 saturated carbocycles. The summed E-state index contributed by atoms with van der Waals surface area (Å²) in [6.07, 6.45) is 6.02. The van der Waals surface area contributed by atoms with Gasteiger partial charge >= 0.3 is 0 Å². The topological polar surface area (TPSA) is 52.1 Å². The van der Waals surface area contributed by atoms with Crippen molar-refractivity contribution in [3.05, 3.63) is 72.6 Å². The van der Waals surface area contributed by atoms with Gasteiger partial charge in [-0.15, -0.1) is 0 Å². The second kappa shape index (κ2) is 4.31. The molecule has 18 heavy (non-hydrogen) atoms. The van der Waals surface area contributed by atoms with Crippen molar-refractivity contribution in [2.24, 2.45) is 0 Å². The summed E-state index contributed by atoms with van der Waals surface area (Å²) in [5.74, 6) is 0.663. The Balaban J connectivity index is 2.22. The average Bonchev–Trinajstić information content (AvgIpc) is 3.12. The van der Waals surface area contributed by atoms with Gasteiger partial charge in [-0.3, -0.25) is 0 Å². The average molecular weight is 261 g/mol. The van der Waals surface area contributed by atoms with Crippen LogP contribution in [-0.2, 0) is 4.87 Å². The van der Waals surface area contributed by atoms with Crippen molar-refractivity contribution in [1.82, 2.24) is 9.97 Å². The molecule has 4 nitrogen and oxygen atoms in total. The highest BCUT2D eigenvalue weighted by molar-refractivity contribution is 6.27. The molecular weight excluding hydrogens is 252 g/mol. The van der Waals surface area contributed by atoms with Gasteiger partial charge in [-0.1, -0.05) is 41.9 Å². The molecule has 2 heterocycles. The van der Waals surface area contributed by atoms with E-state index < -0.39 is 4.87 Å². The molecule has 0 amide bonds. The molecule has 90 valence electrons. The van der Waals surface area contributed by atoms with Crippen molar-refractivity contribution < 1.29 is 8.83 Å². The molecule has 0 aliphatic carbocycles. The summed E-state index contributed by atoms with van der Waals surface area (Å²) < 4.78 is 10.7. The van der Waals surface area contributed by atoms with Crippen LogP contribution < -0.4 is 0 Å². The normalized spacial score (nSPS) is 11.6. The molecule has 0 N–H and O–H groups in total. The van der Waals surface area contributed by atoms with Crippen LogP contribution in [0.5, 0.6) is 0 Å². The molecule has 3 aromatic rings. The number of nitrogens with zero attached hydrogens (tertiary/aromatic N) is 2. The van der Waals surface area contributed by atoms with E-state index in [-0.39, 0.29) is 0 Å². The summed E-state index contributed by atoms with van der Waals surface area (Å²) in [6, 6.07) is 9.44. The summed E-state index contributed by atoms with van der Waals surface area (Å²) in [6.45, 7) is 0. The molecule has 2 aromatic heterocycles. The molecule has 1 aromatic carbocycles. The van der Waals surface area contributed by atoms with Crippen LogP contribution in [0.1, 0.15) is 17.3 Å². The van der Waals surface area contributed by atoms with E-state index in [1.807, 2.05) is 30.3 Å². The quantitative estimate of drug-likeness (QED) is 0.679. The minimum absolute atomic E-state index is 0.331. The zero-order chi connectivity index (χ0) is 12.4. The number of benzene rings is 1. The zero-order valence-electron chi connectivity index (χ0n) is 9.29. The van der Waals surface area contributed by atoms with Crippen LogP contribution in [-0.4, -0.2) is 9.97 Å². The van der Waals surface area contributed by atoms with Gasteiger partial charge in [-0.05, 0) is 5.56 Å². The Bertz CT molecular complexity index is 572. The highest BCUT2D eigenvalue weighted by Crippen LogP contribution is 2.41. The number of halogens is 1. The van der Waals surface area contributed by atoms with Gasteiger partial charge in [0.1, 0.15) is 12.5 Å². The predicted octanol–water partition coefficient (Wildman–Crippen LogP) is 3.19. The lowest BCUT2D eigenvalue weighted by molar-refractivity contribution is 0.406. The van der Waals surface area contributed by atoms with Crippen LogP contribution in [0.4, 0.5) is 0 Å². The molecule has 0 aliphatic rings. The Morgan fingerprint density at radius 3 is 1.89 bits per heavy atom. The first-order valence-electron chi connectivity index (χ1n) is 5.36. The Kier molecular flexibility index (Phi) is 2.64. The first-order chi connectivity index (χ1) is 8.82. The van der Waals surface area contributed by atoms with Crippen LogP contribution in [0.15, 0.2) is 64.1 Å². The number of hydrogen-bond acceptors (Lipinski definition) is 4. The largest absolute Gasteiger partial charge is 0.446 e. The number of rotatable bonds is 3. The lowest BCUT2D eigenvalue weighted by Gasteiger charge is -2.20. The fourth-order valence-corrected chi connectivity index (χ4v) is 2.11. The van der Waals surface area contributed by atoms with Crippen LogP contribution in [0.25, 0.3) is 0 Å². The molecule has 0 atom stereocenters. The molecule has 3 rings (SSSR count). The van der Waals surface area contributed by atoms with E-state index in [2.05, 4.69) is 9.97 Å². The van der Waals surface area contributed by atoms with E-state index in [9.17, 15) is 0 Å². The molecule has 0 aliphatic heterocycles. The standard InChI is InChI=1S/C13H9ClN2O2/c14-13(11-15-6-8-17-11,12-16-7-9-18-12)10-4-2-1-3-5-10/h1-9H. The van der Waals surface area contributed by atoms with E-state index in [0.29, 0.717) is 11.8 Å². The monoisotopic (exact) mass is 260 g/mol. The second-order valence-electron chi connectivity index (χ2n) is 3.70. The molecule has 0 radical (unpaired) electrons. The van der Waals surface area contributed by atoms with Gasteiger partial charge in [0.2, 0.25) is 16.7 Å². The molecule has 0 spiro atoms. The summed E-state index contributed by atoms with van der Waals surface area (Å²) in [4.78, 5) is 7.10. The third kappa shape index (κ3) is 1.62. The maximum absolute atomic E-state index is 6.69. The number of alkyl halides is 1. The molecule has 5 heteroatoms. The van der Waals surface area contributed by atoms with Crippen molar-refractivity contribution >= 4 is 11.6 Å². The Morgan fingerprint density at radius 1 is 0.889 bits per heavy atom.